The molecule has 2 aromatic carbocycles. The van der Waals surface area contributed by atoms with E-state index in [-0.39, 0.29) is 40.7 Å². The molecule has 2 heterocycles. The number of nitro groups is 1. The molecule has 150 valence electrons. The summed E-state index contributed by atoms with van der Waals surface area (Å²) in [5, 5.41) is 22.3. The molecule has 30 heavy (non-hydrogen) atoms. The van der Waals surface area contributed by atoms with Crippen LogP contribution in [0.3, 0.4) is 0 Å². The van der Waals surface area contributed by atoms with E-state index in [2.05, 4.69) is 4.98 Å². The van der Waals surface area contributed by atoms with Gasteiger partial charge in [-0.05, 0) is 36.8 Å². The van der Waals surface area contributed by atoms with Crippen LogP contribution >= 0.6 is 23.2 Å². The van der Waals surface area contributed by atoms with E-state index in [0.717, 1.165) is 0 Å². The zero-order chi connectivity index (χ0) is 21.6. The summed E-state index contributed by atoms with van der Waals surface area (Å²) >= 11 is 12.3. The number of pyridine rings is 1. The van der Waals surface area contributed by atoms with Crippen molar-refractivity contribution in [1.82, 2.24) is 4.98 Å². The monoisotopic (exact) mass is 442 g/mol. The zero-order valence-electron chi connectivity index (χ0n) is 15.4. The fourth-order valence-electron chi connectivity index (χ4n) is 3.37. The average Bonchev–Trinajstić information content (AvgIpc) is 3.16. The third kappa shape index (κ3) is 3.14. The Balaban J connectivity index is 2.07. The number of anilines is 1. The van der Waals surface area contributed by atoms with Crippen molar-refractivity contribution in [2.24, 2.45) is 0 Å². The van der Waals surface area contributed by atoms with Gasteiger partial charge in [0.25, 0.3) is 5.69 Å². The maximum atomic E-state index is 11.8. The molecule has 2 N–H and O–H groups in total. The van der Waals surface area contributed by atoms with E-state index < -0.39 is 4.92 Å². The largest absolute Gasteiger partial charge is 0.454 e. The third-order valence-corrected chi connectivity index (χ3v) is 5.27. The number of nitriles is 1. The number of benzene rings is 2. The molecule has 4 rings (SSSR count). The molecule has 0 bridgehead atoms. The Bertz CT molecular complexity index is 1270. The molecule has 1 aliphatic heterocycles. The summed E-state index contributed by atoms with van der Waals surface area (Å²) in [5.41, 5.74) is 7.68. The molecule has 0 amide bonds. The highest BCUT2D eigenvalue weighted by atomic mass is 35.5. The van der Waals surface area contributed by atoms with Crippen molar-refractivity contribution in [2.45, 2.75) is 6.92 Å². The average molecular weight is 443 g/mol. The van der Waals surface area contributed by atoms with E-state index in [4.69, 9.17) is 38.4 Å². The van der Waals surface area contributed by atoms with Gasteiger partial charge in [-0.2, -0.15) is 5.26 Å². The number of hydrogen-bond acceptors (Lipinski definition) is 7. The van der Waals surface area contributed by atoms with Gasteiger partial charge in [0.1, 0.15) is 17.5 Å². The SMILES string of the molecule is Cc1c(-c2ccc(Cl)cc2Cl)nc(N)c(C#N)c1-c1cc2c(cc1[N+](=O)[O-])OCO2. The van der Waals surface area contributed by atoms with Gasteiger partial charge in [0, 0.05) is 16.1 Å². The van der Waals surface area contributed by atoms with Crippen molar-refractivity contribution in [1.29, 1.82) is 5.26 Å². The van der Waals surface area contributed by atoms with Gasteiger partial charge in [0.05, 0.1) is 27.3 Å². The molecule has 10 heteroatoms. The van der Waals surface area contributed by atoms with Crippen molar-refractivity contribution in [3.8, 4) is 40.0 Å². The van der Waals surface area contributed by atoms with E-state index in [0.29, 0.717) is 32.6 Å². The molecular weight excluding hydrogens is 431 g/mol. The molecule has 0 saturated carbocycles. The standard InChI is InChI=1S/C20H12Cl2N4O4/c1-9-18(12-5-16-17(30-8-29-16)6-15(12)26(27)28)13(7-23)20(24)25-19(9)11-3-2-10(21)4-14(11)22/h2-6H,8H2,1H3,(H2,24,25). The van der Waals surface area contributed by atoms with Gasteiger partial charge >= 0.3 is 0 Å². The van der Waals surface area contributed by atoms with Crippen molar-refractivity contribution < 1.29 is 14.4 Å². The summed E-state index contributed by atoms with van der Waals surface area (Å²) in [7, 11) is 0. The summed E-state index contributed by atoms with van der Waals surface area (Å²) in [6, 6.07) is 9.60. The first kappa shape index (κ1) is 19.8. The maximum Gasteiger partial charge on any atom is 0.281 e. The Labute approximate surface area is 180 Å². The predicted octanol–water partition coefficient (Wildman–Crippen LogP) is 5.12. The number of halogens is 2. The van der Waals surface area contributed by atoms with Crippen molar-refractivity contribution in [3.05, 3.63) is 61.6 Å². The molecule has 1 aromatic heterocycles. The van der Waals surface area contributed by atoms with Crippen LogP contribution in [-0.4, -0.2) is 16.7 Å². The summed E-state index contributed by atoms with van der Waals surface area (Å²) in [4.78, 5) is 15.6. The first-order valence-electron chi connectivity index (χ1n) is 8.55. The van der Waals surface area contributed by atoms with Crippen molar-refractivity contribution >= 4 is 34.7 Å². The highest BCUT2D eigenvalue weighted by molar-refractivity contribution is 6.36. The lowest BCUT2D eigenvalue weighted by Gasteiger charge is -2.16. The van der Waals surface area contributed by atoms with Crippen LogP contribution in [0.2, 0.25) is 10.0 Å². The van der Waals surface area contributed by atoms with Gasteiger partial charge < -0.3 is 15.2 Å². The minimum atomic E-state index is -0.552. The van der Waals surface area contributed by atoms with E-state index >= 15 is 0 Å². The second-order valence-electron chi connectivity index (χ2n) is 6.44. The number of rotatable bonds is 3. The summed E-state index contributed by atoms with van der Waals surface area (Å²) in [6.07, 6.45) is 0. The molecule has 0 unspecified atom stereocenters. The Hall–Kier alpha value is -3.54. The highest BCUT2D eigenvalue weighted by Crippen LogP contribution is 2.46. The first-order chi connectivity index (χ1) is 14.3. The molecule has 0 radical (unpaired) electrons. The van der Waals surface area contributed by atoms with Crippen molar-refractivity contribution in [2.75, 3.05) is 12.5 Å². The molecule has 0 fully saturated rings. The maximum absolute atomic E-state index is 11.8. The number of fused-ring (bicyclic) bond motifs is 1. The number of nitrogen functional groups attached to an aromatic ring is 1. The number of aromatic nitrogens is 1. The Morgan fingerprint density at radius 3 is 2.53 bits per heavy atom. The van der Waals surface area contributed by atoms with E-state index in [1.807, 2.05) is 6.07 Å². The first-order valence-corrected chi connectivity index (χ1v) is 9.31. The second-order valence-corrected chi connectivity index (χ2v) is 7.28. The summed E-state index contributed by atoms with van der Waals surface area (Å²) in [5.74, 6) is 0.510. The Kier molecular flexibility index (Phi) is 4.86. The van der Waals surface area contributed by atoms with Crippen molar-refractivity contribution in [3.63, 3.8) is 0 Å². The molecule has 8 nitrogen and oxygen atoms in total. The lowest BCUT2D eigenvalue weighted by molar-refractivity contribution is -0.384. The zero-order valence-corrected chi connectivity index (χ0v) is 16.9. The molecule has 0 spiro atoms. The van der Waals surface area contributed by atoms with E-state index in [1.54, 1.807) is 25.1 Å². The number of hydrogen-bond donors (Lipinski definition) is 1. The minimum Gasteiger partial charge on any atom is -0.454 e. The predicted molar refractivity (Wildman–Crippen MR) is 112 cm³/mol. The molecule has 0 saturated heterocycles. The number of nitrogens with zero attached hydrogens (tertiary/aromatic N) is 3. The van der Waals surface area contributed by atoms with E-state index in [1.165, 1.54) is 12.1 Å². The number of ether oxygens (including phenoxy) is 2. The smallest absolute Gasteiger partial charge is 0.281 e. The van der Waals surface area contributed by atoms with Crippen LogP contribution in [0, 0.1) is 28.4 Å². The van der Waals surface area contributed by atoms with Gasteiger partial charge in [-0.25, -0.2) is 4.98 Å². The van der Waals surface area contributed by atoms with Crippen LogP contribution in [0.25, 0.3) is 22.4 Å². The van der Waals surface area contributed by atoms with Crippen LogP contribution in [-0.2, 0) is 0 Å². The molecule has 1 aliphatic rings. The van der Waals surface area contributed by atoms with Crippen LogP contribution in [0.15, 0.2) is 30.3 Å². The summed E-state index contributed by atoms with van der Waals surface area (Å²) < 4.78 is 10.6. The summed E-state index contributed by atoms with van der Waals surface area (Å²) in [6.45, 7) is 1.64. The molecule has 0 atom stereocenters. The Morgan fingerprint density at radius 1 is 1.20 bits per heavy atom. The Morgan fingerprint density at radius 2 is 1.90 bits per heavy atom. The van der Waals surface area contributed by atoms with Gasteiger partial charge in [0.15, 0.2) is 11.5 Å². The lowest BCUT2D eigenvalue weighted by atomic mass is 9.91. The van der Waals surface area contributed by atoms with Gasteiger partial charge in [-0.15, -0.1) is 0 Å². The van der Waals surface area contributed by atoms with Crippen LogP contribution in [0.1, 0.15) is 11.1 Å². The molecule has 3 aromatic rings. The van der Waals surface area contributed by atoms with Crippen LogP contribution < -0.4 is 15.2 Å². The van der Waals surface area contributed by atoms with Crippen LogP contribution in [0.4, 0.5) is 11.5 Å². The molecular formula is C20H12Cl2N4O4. The van der Waals surface area contributed by atoms with Gasteiger partial charge in [-0.3, -0.25) is 10.1 Å². The fraction of sp³-hybridized carbons (Fsp3) is 0.100. The minimum absolute atomic E-state index is 0.0169. The normalized spacial score (nSPS) is 11.9. The number of nitrogens with two attached hydrogens (primary N) is 1. The third-order valence-electron chi connectivity index (χ3n) is 4.72. The van der Waals surface area contributed by atoms with E-state index in [9.17, 15) is 15.4 Å². The second kappa shape index (κ2) is 7.37. The topological polar surface area (TPSA) is 124 Å². The van der Waals surface area contributed by atoms with Crippen LogP contribution in [0.5, 0.6) is 11.5 Å². The molecule has 0 aliphatic carbocycles. The highest BCUT2D eigenvalue weighted by Gasteiger charge is 2.29. The quantitative estimate of drug-likeness (QED) is 0.440. The van der Waals surface area contributed by atoms with Gasteiger partial charge in [0.2, 0.25) is 6.79 Å². The lowest BCUT2D eigenvalue weighted by Crippen LogP contribution is -2.05. The fourth-order valence-corrected chi connectivity index (χ4v) is 3.87. The van der Waals surface area contributed by atoms with Gasteiger partial charge in [-0.1, -0.05) is 23.2 Å². The number of nitro benzene ring substituents is 1.